The highest BCUT2D eigenvalue weighted by atomic mass is 35.5. The first-order valence-corrected chi connectivity index (χ1v) is 9.22. The van der Waals surface area contributed by atoms with Gasteiger partial charge in [0.05, 0.1) is 12.0 Å². The first-order valence-electron chi connectivity index (χ1n) is 8.84. The number of piperidine rings is 1. The molecule has 0 bridgehead atoms. The van der Waals surface area contributed by atoms with Gasteiger partial charge < -0.3 is 10.2 Å². The van der Waals surface area contributed by atoms with Crippen molar-refractivity contribution in [2.45, 2.75) is 32.7 Å². The van der Waals surface area contributed by atoms with E-state index < -0.39 is 0 Å². The number of carbonyl (C=O) groups excluding carboxylic acids is 2. The Balaban J connectivity index is 1.73. The molecular weight excluding hydrogens is 348 g/mol. The molecule has 2 amide bonds. The molecule has 2 unspecified atom stereocenters. The number of benzene rings is 2. The van der Waals surface area contributed by atoms with Crippen molar-refractivity contribution in [1.82, 2.24) is 4.90 Å². The number of anilines is 1. The molecule has 3 rings (SSSR count). The second kappa shape index (κ2) is 7.92. The minimum Gasteiger partial charge on any atom is -0.335 e. The van der Waals surface area contributed by atoms with Crippen LogP contribution in [0.5, 0.6) is 0 Å². The SMILES string of the molecule is CC(=O)N1CC(C(=O)Nc2cccc(Cl)c2)CCC1c1cccc(C)c1. The molecule has 5 heteroatoms. The first kappa shape index (κ1) is 18.5. The lowest BCUT2D eigenvalue weighted by Gasteiger charge is -2.39. The third-order valence-corrected chi connectivity index (χ3v) is 5.11. The fourth-order valence-corrected chi connectivity index (χ4v) is 3.76. The van der Waals surface area contributed by atoms with Crippen molar-refractivity contribution in [3.05, 3.63) is 64.7 Å². The van der Waals surface area contributed by atoms with Gasteiger partial charge >= 0.3 is 0 Å². The maximum absolute atomic E-state index is 12.7. The van der Waals surface area contributed by atoms with Crippen LogP contribution in [0.2, 0.25) is 5.02 Å². The van der Waals surface area contributed by atoms with E-state index in [9.17, 15) is 9.59 Å². The zero-order valence-electron chi connectivity index (χ0n) is 15.0. The van der Waals surface area contributed by atoms with Crippen molar-refractivity contribution < 1.29 is 9.59 Å². The topological polar surface area (TPSA) is 49.4 Å². The molecule has 0 aromatic heterocycles. The zero-order valence-corrected chi connectivity index (χ0v) is 15.8. The van der Waals surface area contributed by atoms with Crippen LogP contribution in [0.15, 0.2) is 48.5 Å². The molecule has 2 aromatic carbocycles. The molecule has 1 N–H and O–H groups in total. The van der Waals surface area contributed by atoms with Gasteiger partial charge in [-0.1, -0.05) is 47.5 Å². The van der Waals surface area contributed by atoms with E-state index >= 15 is 0 Å². The molecule has 2 aromatic rings. The Morgan fingerprint density at radius 3 is 2.58 bits per heavy atom. The van der Waals surface area contributed by atoms with Crippen LogP contribution in [0.25, 0.3) is 0 Å². The Kier molecular flexibility index (Phi) is 5.62. The summed E-state index contributed by atoms with van der Waals surface area (Å²) in [6, 6.07) is 15.4. The van der Waals surface area contributed by atoms with E-state index in [1.54, 1.807) is 25.1 Å². The summed E-state index contributed by atoms with van der Waals surface area (Å²) in [5.41, 5.74) is 2.98. The number of hydrogen-bond acceptors (Lipinski definition) is 2. The van der Waals surface area contributed by atoms with Gasteiger partial charge in [-0.3, -0.25) is 9.59 Å². The van der Waals surface area contributed by atoms with Crippen molar-refractivity contribution in [2.24, 2.45) is 5.92 Å². The van der Waals surface area contributed by atoms with Crippen LogP contribution in [0.3, 0.4) is 0 Å². The molecule has 1 saturated heterocycles. The maximum atomic E-state index is 12.7. The van der Waals surface area contributed by atoms with E-state index in [1.165, 1.54) is 5.56 Å². The van der Waals surface area contributed by atoms with Crippen LogP contribution in [-0.2, 0) is 9.59 Å². The van der Waals surface area contributed by atoms with Gasteiger partial charge in [0.25, 0.3) is 0 Å². The van der Waals surface area contributed by atoms with E-state index in [0.717, 1.165) is 18.4 Å². The number of likely N-dealkylation sites (tertiary alicyclic amines) is 1. The van der Waals surface area contributed by atoms with Gasteiger partial charge in [-0.15, -0.1) is 0 Å². The largest absolute Gasteiger partial charge is 0.335 e. The van der Waals surface area contributed by atoms with Crippen LogP contribution in [0, 0.1) is 12.8 Å². The Bertz CT molecular complexity index is 821. The van der Waals surface area contributed by atoms with Gasteiger partial charge in [-0.2, -0.15) is 0 Å². The second-order valence-corrected chi connectivity index (χ2v) is 7.31. The normalized spacial score (nSPS) is 19.9. The summed E-state index contributed by atoms with van der Waals surface area (Å²) in [7, 11) is 0. The summed E-state index contributed by atoms with van der Waals surface area (Å²) in [5.74, 6) is -0.295. The highest BCUT2D eigenvalue weighted by molar-refractivity contribution is 6.30. The monoisotopic (exact) mass is 370 g/mol. The molecule has 0 aliphatic carbocycles. The summed E-state index contributed by atoms with van der Waals surface area (Å²) in [6.07, 6.45) is 1.52. The minimum atomic E-state index is -0.223. The summed E-state index contributed by atoms with van der Waals surface area (Å²) < 4.78 is 0. The van der Waals surface area contributed by atoms with E-state index in [4.69, 9.17) is 11.6 Å². The zero-order chi connectivity index (χ0) is 18.7. The second-order valence-electron chi connectivity index (χ2n) is 6.88. The number of amides is 2. The molecule has 0 saturated carbocycles. The van der Waals surface area contributed by atoms with Gasteiger partial charge in [-0.25, -0.2) is 0 Å². The van der Waals surface area contributed by atoms with Crippen molar-refractivity contribution in [2.75, 3.05) is 11.9 Å². The number of nitrogens with one attached hydrogen (secondary N) is 1. The Labute approximate surface area is 159 Å². The molecular formula is C21H23ClN2O2. The fourth-order valence-electron chi connectivity index (χ4n) is 3.57. The van der Waals surface area contributed by atoms with Gasteiger partial charge in [0.1, 0.15) is 0 Å². The van der Waals surface area contributed by atoms with Crippen LogP contribution in [0.1, 0.15) is 36.9 Å². The summed E-state index contributed by atoms with van der Waals surface area (Å²) in [5, 5.41) is 3.49. The summed E-state index contributed by atoms with van der Waals surface area (Å²) in [4.78, 5) is 26.7. The molecule has 136 valence electrons. The lowest BCUT2D eigenvalue weighted by Crippen LogP contribution is -2.44. The molecule has 1 aliphatic heterocycles. The number of carbonyl (C=O) groups is 2. The third kappa shape index (κ3) is 4.25. The lowest BCUT2D eigenvalue weighted by molar-refractivity contribution is -0.135. The van der Waals surface area contributed by atoms with E-state index in [1.807, 2.05) is 30.0 Å². The van der Waals surface area contributed by atoms with Crippen LogP contribution in [0.4, 0.5) is 5.69 Å². The molecule has 26 heavy (non-hydrogen) atoms. The summed E-state index contributed by atoms with van der Waals surface area (Å²) in [6.45, 7) is 4.05. The first-order chi connectivity index (χ1) is 12.4. The van der Waals surface area contributed by atoms with Crippen molar-refractivity contribution >= 4 is 29.1 Å². The van der Waals surface area contributed by atoms with E-state index in [0.29, 0.717) is 17.3 Å². The smallest absolute Gasteiger partial charge is 0.229 e. The molecule has 1 aliphatic rings. The highest BCUT2D eigenvalue weighted by Gasteiger charge is 2.34. The van der Waals surface area contributed by atoms with Crippen molar-refractivity contribution in [3.63, 3.8) is 0 Å². The molecule has 0 radical (unpaired) electrons. The maximum Gasteiger partial charge on any atom is 0.229 e. The predicted molar refractivity (Wildman–Crippen MR) is 104 cm³/mol. The van der Waals surface area contributed by atoms with Gasteiger partial charge in [0, 0.05) is 24.2 Å². The Morgan fingerprint density at radius 1 is 1.12 bits per heavy atom. The number of halogens is 1. The average Bonchev–Trinajstić information content (AvgIpc) is 2.61. The molecule has 1 fully saturated rings. The fraction of sp³-hybridized carbons (Fsp3) is 0.333. The van der Waals surface area contributed by atoms with Crippen LogP contribution >= 0.6 is 11.6 Å². The lowest BCUT2D eigenvalue weighted by atomic mass is 9.88. The number of rotatable bonds is 3. The number of aryl methyl sites for hydroxylation is 1. The third-order valence-electron chi connectivity index (χ3n) is 4.88. The number of nitrogens with zero attached hydrogens (tertiary/aromatic N) is 1. The summed E-state index contributed by atoms with van der Waals surface area (Å²) >= 11 is 5.97. The average molecular weight is 371 g/mol. The minimum absolute atomic E-state index is 0.00300. The Morgan fingerprint density at radius 2 is 1.88 bits per heavy atom. The van der Waals surface area contributed by atoms with Crippen molar-refractivity contribution in [1.29, 1.82) is 0 Å². The Hall–Kier alpha value is -2.33. The van der Waals surface area contributed by atoms with Crippen molar-refractivity contribution in [3.8, 4) is 0 Å². The molecule has 2 atom stereocenters. The number of hydrogen-bond donors (Lipinski definition) is 1. The molecule has 0 spiro atoms. The van der Waals surface area contributed by atoms with Crippen LogP contribution in [-0.4, -0.2) is 23.3 Å². The van der Waals surface area contributed by atoms with Gasteiger partial charge in [-0.05, 0) is 43.5 Å². The van der Waals surface area contributed by atoms with Crippen LogP contribution < -0.4 is 5.32 Å². The van der Waals surface area contributed by atoms with E-state index in [-0.39, 0.29) is 23.8 Å². The molecule has 1 heterocycles. The van der Waals surface area contributed by atoms with Gasteiger partial charge in [0.2, 0.25) is 11.8 Å². The standard InChI is InChI=1S/C21H23ClN2O2/c1-14-5-3-6-16(11-14)20-10-9-17(13-24(20)15(2)25)21(26)23-19-8-4-7-18(22)12-19/h3-8,11-12,17,20H,9-10,13H2,1-2H3,(H,23,26). The highest BCUT2D eigenvalue weighted by Crippen LogP contribution is 2.34. The predicted octanol–water partition coefficient (Wildman–Crippen LogP) is 4.59. The van der Waals surface area contributed by atoms with E-state index in [2.05, 4.69) is 17.4 Å². The van der Waals surface area contributed by atoms with Gasteiger partial charge in [0.15, 0.2) is 0 Å². The molecule has 4 nitrogen and oxygen atoms in total. The quantitative estimate of drug-likeness (QED) is 0.859.